The molecule has 1 heterocycles. The summed E-state index contributed by atoms with van der Waals surface area (Å²) in [6.07, 6.45) is 0. The lowest BCUT2D eigenvalue weighted by Gasteiger charge is -2.17. The number of carbonyl (C=O) groups is 1. The Kier molecular flexibility index (Phi) is 4.35. The van der Waals surface area contributed by atoms with E-state index in [1.165, 1.54) is 5.56 Å². The van der Waals surface area contributed by atoms with Gasteiger partial charge in [0, 0.05) is 20.6 Å². The summed E-state index contributed by atoms with van der Waals surface area (Å²) in [7, 11) is 3.57. The summed E-state index contributed by atoms with van der Waals surface area (Å²) in [5, 5.41) is 2.94. The van der Waals surface area contributed by atoms with Crippen LogP contribution in [0.25, 0.3) is 0 Å². The van der Waals surface area contributed by atoms with Gasteiger partial charge in [0.25, 0.3) is 5.91 Å². The Morgan fingerprint density at radius 2 is 1.90 bits per heavy atom. The van der Waals surface area contributed by atoms with Crippen molar-refractivity contribution in [3.05, 3.63) is 59.3 Å². The second-order valence-electron chi connectivity index (χ2n) is 4.80. The van der Waals surface area contributed by atoms with Crippen molar-refractivity contribution < 1.29 is 4.79 Å². The molecule has 104 valence electrons. The number of rotatable bonds is 4. The summed E-state index contributed by atoms with van der Waals surface area (Å²) in [6, 6.07) is 13.6. The van der Waals surface area contributed by atoms with Crippen LogP contribution < -0.4 is 5.32 Å². The largest absolute Gasteiger partial charge is 0.373 e. The van der Waals surface area contributed by atoms with Crippen molar-refractivity contribution in [2.24, 2.45) is 0 Å². The Balaban J connectivity index is 2.09. The molecule has 0 fully saturated rings. The van der Waals surface area contributed by atoms with Crippen LogP contribution >= 0.6 is 0 Å². The molecule has 2 rings (SSSR count). The molecule has 1 N–H and O–H groups in total. The van der Waals surface area contributed by atoms with Gasteiger partial charge in [-0.2, -0.15) is 0 Å². The molecule has 0 aliphatic heterocycles. The third-order valence-corrected chi connectivity index (χ3v) is 3.11. The smallest absolute Gasteiger partial charge is 0.272 e. The van der Waals surface area contributed by atoms with Gasteiger partial charge in [-0.3, -0.25) is 4.79 Å². The quantitative estimate of drug-likeness (QED) is 0.928. The molecule has 1 aromatic carbocycles. The van der Waals surface area contributed by atoms with Crippen LogP contribution in [0.3, 0.4) is 0 Å². The van der Waals surface area contributed by atoms with Gasteiger partial charge in [-0.1, -0.05) is 35.9 Å². The summed E-state index contributed by atoms with van der Waals surface area (Å²) in [6.45, 7) is 2.62. The van der Waals surface area contributed by atoms with Gasteiger partial charge >= 0.3 is 0 Å². The molecule has 0 aliphatic rings. The highest BCUT2D eigenvalue weighted by molar-refractivity contribution is 5.92. The number of amides is 1. The summed E-state index contributed by atoms with van der Waals surface area (Å²) >= 11 is 0. The first-order valence-corrected chi connectivity index (χ1v) is 6.56. The molecule has 0 radical (unpaired) electrons. The maximum atomic E-state index is 12.3. The number of aryl methyl sites for hydroxylation is 1. The lowest BCUT2D eigenvalue weighted by atomic mass is 10.1. The van der Waals surface area contributed by atoms with Gasteiger partial charge in [0.1, 0.15) is 11.5 Å². The number of nitrogens with zero attached hydrogens (tertiary/aromatic N) is 2. The van der Waals surface area contributed by atoms with E-state index in [1.807, 2.05) is 43.3 Å². The van der Waals surface area contributed by atoms with Crippen LogP contribution in [0.5, 0.6) is 0 Å². The molecule has 1 amide bonds. The van der Waals surface area contributed by atoms with Crippen molar-refractivity contribution in [3.63, 3.8) is 0 Å². The number of aromatic nitrogens is 1. The van der Waals surface area contributed by atoms with Gasteiger partial charge in [-0.05, 0) is 24.6 Å². The summed E-state index contributed by atoms with van der Waals surface area (Å²) < 4.78 is 0. The number of hydrogen-bond donors (Lipinski definition) is 1. The van der Waals surface area contributed by atoms with Gasteiger partial charge in [0.05, 0.1) is 0 Å². The topological polar surface area (TPSA) is 45.2 Å². The summed E-state index contributed by atoms with van der Waals surface area (Å²) in [4.78, 5) is 18.3. The Morgan fingerprint density at radius 3 is 2.55 bits per heavy atom. The fourth-order valence-electron chi connectivity index (χ4n) is 1.93. The van der Waals surface area contributed by atoms with E-state index in [0.29, 0.717) is 18.1 Å². The van der Waals surface area contributed by atoms with E-state index in [2.05, 4.69) is 10.3 Å². The minimum atomic E-state index is -0.0809. The molecular weight excluding hydrogens is 250 g/mol. The standard InChI is InChI=1S/C16H19N3O/c1-12-7-9-13(10-8-12)11-19(3)16(20)14-5-4-6-15(17-2)18-14/h4-10H,11H2,1-3H3,(H,17,18). The first-order valence-electron chi connectivity index (χ1n) is 6.56. The Hall–Kier alpha value is -2.36. The number of anilines is 1. The molecule has 1 aromatic heterocycles. The zero-order valence-corrected chi connectivity index (χ0v) is 12.1. The summed E-state index contributed by atoms with van der Waals surface area (Å²) in [5.41, 5.74) is 2.77. The Labute approximate surface area is 119 Å². The molecule has 4 nitrogen and oxygen atoms in total. The summed E-state index contributed by atoms with van der Waals surface area (Å²) in [5.74, 6) is 0.613. The van der Waals surface area contributed by atoms with E-state index in [9.17, 15) is 4.79 Å². The Morgan fingerprint density at radius 1 is 1.20 bits per heavy atom. The van der Waals surface area contributed by atoms with Gasteiger partial charge < -0.3 is 10.2 Å². The van der Waals surface area contributed by atoms with E-state index < -0.39 is 0 Å². The van der Waals surface area contributed by atoms with E-state index >= 15 is 0 Å². The third-order valence-electron chi connectivity index (χ3n) is 3.11. The average Bonchev–Trinajstić information content (AvgIpc) is 2.48. The molecule has 0 atom stereocenters. The number of carbonyl (C=O) groups excluding carboxylic acids is 1. The lowest BCUT2D eigenvalue weighted by Crippen LogP contribution is -2.27. The zero-order valence-electron chi connectivity index (χ0n) is 12.1. The van der Waals surface area contributed by atoms with Crippen molar-refractivity contribution in [2.75, 3.05) is 19.4 Å². The molecule has 0 spiro atoms. The minimum absolute atomic E-state index is 0.0809. The van der Waals surface area contributed by atoms with Crippen LogP contribution in [0.2, 0.25) is 0 Å². The molecule has 2 aromatic rings. The van der Waals surface area contributed by atoms with Gasteiger partial charge in [-0.15, -0.1) is 0 Å². The molecule has 0 unspecified atom stereocenters. The SMILES string of the molecule is CNc1cccc(C(=O)N(C)Cc2ccc(C)cc2)n1. The molecule has 4 heteroatoms. The van der Waals surface area contributed by atoms with E-state index in [4.69, 9.17) is 0 Å². The van der Waals surface area contributed by atoms with Crippen molar-refractivity contribution in [1.29, 1.82) is 0 Å². The van der Waals surface area contributed by atoms with Crippen LogP contribution in [0.15, 0.2) is 42.5 Å². The normalized spacial score (nSPS) is 10.2. The maximum Gasteiger partial charge on any atom is 0.272 e. The molecule has 0 saturated carbocycles. The highest BCUT2D eigenvalue weighted by Gasteiger charge is 2.13. The van der Waals surface area contributed by atoms with E-state index in [1.54, 1.807) is 25.1 Å². The zero-order chi connectivity index (χ0) is 14.5. The lowest BCUT2D eigenvalue weighted by molar-refractivity contribution is 0.0779. The van der Waals surface area contributed by atoms with Gasteiger partial charge in [0.2, 0.25) is 0 Å². The monoisotopic (exact) mass is 269 g/mol. The average molecular weight is 269 g/mol. The second-order valence-corrected chi connectivity index (χ2v) is 4.80. The van der Waals surface area contributed by atoms with Crippen LogP contribution in [0, 0.1) is 6.92 Å². The van der Waals surface area contributed by atoms with Crippen LogP contribution in [0.1, 0.15) is 21.6 Å². The van der Waals surface area contributed by atoms with Crippen LogP contribution in [-0.4, -0.2) is 29.9 Å². The first kappa shape index (κ1) is 14.1. The van der Waals surface area contributed by atoms with Crippen molar-refractivity contribution in [2.45, 2.75) is 13.5 Å². The second kappa shape index (κ2) is 6.19. The Bertz CT molecular complexity index is 593. The predicted molar refractivity (Wildman–Crippen MR) is 80.8 cm³/mol. The fraction of sp³-hybridized carbons (Fsp3) is 0.250. The number of nitrogens with one attached hydrogen (secondary N) is 1. The number of benzene rings is 1. The molecule has 0 aliphatic carbocycles. The maximum absolute atomic E-state index is 12.3. The van der Waals surface area contributed by atoms with Gasteiger partial charge in [-0.25, -0.2) is 4.98 Å². The predicted octanol–water partition coefficient (Wildman–Crippen LogP) is 2.70. The number of hydrogen-bond acceptors (Lipinski definition) is 3. The van der Waals surface area contributed by atoms with Gasteiger partial charge in [0.15, 0.2) is 0 Å². The van der Waals surface area contributed by atoms with E-state index in [-0.39, 0.29) is 5.91 Å². The molecule has 0 bridgehead atoms. The highest BCUT2D eigenvalue weighted by Crippen LogP contribution is 2.10. The van der Waals surface area contributed by atoms with Crippen LogP contribution in [0.4, 0.5) is 5.82 Å². The molecule has 20 heavy (non-hydrogen) atoms. The number of pyridine rings is 1. The highest BCUT2D eigenvalue weighted by atomic mass is 16.2. The van der Waals surface area contributed by atoms with Crippen molar-refractivity contribution >= 4 is 11.7 Å². The van der Waals surface area contributed by atoms with Crippen molar-refractivity contribution in [3.8, 4) is 0 Å². The fourth-order valence-corrected chi connectivity index (χ4v) is 1.93. The minimum Gasteiger partial charge on any atom is -0.373 e. The van der Waals surface area contributed by atoms with Crippen molar-refractivity contribution in [1.82, 2.24) is 9.88 Å². The first-order chi connectivity index (χ1) is 9.60. The molecular formula is C16H19N3O. The molecule has 0 saturated heterocycles. The van der Waals surface area contributed by atoms with E-state index in [0.717, 1.165) is 5.56 Å². The van der Waals surface area contributed by atoms with Crippen LogP contribution in [-0.2, 0) is 6.54 Å². The third kappa shape index (κ3) is 3.35.